The van der Waals surface area contributed by atoms with Gasteiger partial charge in [0.1, 0.15) is 17.2 Å². The van der Waals surface area contributed by atoms with E-state index in [-0.39, 0.29) is 11.7 Å². The van der Waals surface area contributed by atoms with Gasteiger partial charge in [-0.2, -0.15) is 0 Å². The molecular formula is C23H22N2O3. The van der Waals surface area contributed by atoms with Crippen LogP contribution in [0.2, 0.25) is 0 Å². The highest BCUT2D eigenvalue weighted by molar-refractivity contribution is 5.97. The van der Waals surface area contributed by atoms with E-state index >= 15 is 0 Å². The Morgan fingerprint density at radius 2 is 1.43 bits per heavy atom. The van der Waals surface area contributed by atoms with Crippen molar-refractivity contribution in [2.24, 2.45) is 0 Å². The number of aromatic hydroxyl groups is 1. The van der Waals surface area contributed by atoms with Gasteiger partial charge in [-0.1, -0.05) is 42.5 Å². The maximum Gasteiger partial charge on any atom is 0.257 e. The molecule has 0 aromatic heterocycles. The molecule has 1 amide bonds. The highest BCUT2D eigenvalue weighted by atomic mass is 16.5. The van der Waals surface area contributed by atoms with Crippen molar-refractivity contribution in [3.63, 3.8) is 0 Å². The van der Waals surface area contributed by atoms with Crippen molar-refractivity contribution in [2.45, 2.75) is 0 Å². The maximum atomic E-state index is 13.1. The molecular weight excluding hydrogens is 352 g/mol. The zero-order chi connectivity index (χ0) is 19.3. The van der Waals surface area contributed by atoms with Crippen LogP contribution >= 0.6 is 0 Å². The minimum absolute atomic E-state index is 0.0385. The van der Waals surface area contributed by atoms with Crippen LogP contribution in [0.15, 0.2) is 78.9 Å². The number of carbonyl (C=O) groups is 1. The van der Waals surface area contributed by atoms with Crippen LogP contribution in [-0.2, 0) is 0 Å². The van der Waals surface area contributed by atoms with Crippen LogP contribution in [0, 0.1) is 0 Å². The van der Waals surface area contributed by atoms with Crippen molar-refractivity contribution in [2.75, 3.05) is 31.1 Å². The number of phenols is 1. The minimum atomic E-state index is -0.0385. The third-order valence-corrected chi connectivity index (χ3v) is 4.88. The van der Waals surface area contributed by atoms with Gasteiger partial charge < -0.3 is 19.6 Å². The second kappa shape index (κ2) is 8.05. The van der Waals surface area contributed by atoms with Gasteiger partial charge in [0.25, 0.3) is 5.91 Å². The van der Waals surface area contributed by atoms with Crippen molar-refractivity contribution in [3.05, 3.63) is 84.4 Å². The van der Waals surface area contributed by atoms with Crippen LogP contribution in [0.3, 0.4) is 0 Å². The van der Waals surface area contributed by atoms with E-state index in [0.717, 1.165) is 5.69 Å². The molecule has 1 fully saturated rings. The summed E-state index contributed by atoms with van der Waals surface area (Å²) in [6.45, 7) is 2.52. The van der Waals surface area contributed by atoms with E-state index in [1.54, 1.807) is 12.1 Å². The summed E-state index contributed by atoms with van der Waals surface area (Å²) >= 11 is 0. The number of benzene rings is 3. The predicted octanol–water partition coefficient (Wildman–Crippen LogP) is 4.15. The molecule has 1 aliphatic rings. The number of rotatable bonds is 4. The number of para-hydroxylation sites is 4. The van der Waals surface area contributed by atoms with Crippen LogP contribution in [-0.4, -0.2) is 42.1 Å². The molecule has 0 saturated carbocycles. The summed E-state index contributed by atoms with van der Waals surface area (Å²) < 4.78 is 5.94. The number of hydrogen-bond acceptors (Lipinski definition) is 4. The van der Waals surface area contributed by atoms with Gasteiger partial charge >= 0.3 is 0 Å². The van der Waals surface area contributed by atoms with Gasteiger partial charge in [0.15, 0.2) is 0 Å². The van der Waals surface area contributed by atoms with E-state index < -0.39 is 0 Å². The molecule has 142 valence electrons. The number of ether oxygens (including phenoxy) is 1. The molecule has 1 N–H and O–H groups in total. The molecule has 0 spiro atoms. The van der Waals surface area contributed by atoms with Crippen LogP contribution < -0.4 is 9.64 Å². The number of phenolic OH excluding ortho intramolecular Hbond substituents is 1. The molecule has 1 aliphatic heterocycles. The lowest BCUT2D eigenvalue weighted by molar-refractivity contribution is 0.0744. The van der Waals surface area contributed by atoms with Gasteiger partial charge in [-0.25, -0.2) is 0 Å². The minimum Gasteiger partial charge on any atom is -0.506 e. The molecule has 3 aromatic rings. The third-order valence-electron chi connectivity index (χ3n) is 4.88. The van der Waals surface area contributed by atoms with Crippen molar-refractivity contribution in [1.82, 2.24) is 4.90 Å². The van der Waals surface area contributed by atoms with Crippen LogP contribution in [0.1, 0.15) is 10.4 Å². The van der Waals surface area contributed by atoms with E-state index in [0.29, 0.717) is 43.2 Å². The monoisotopic (exact) mass is 374 g/mol. The Hall–Kier alpha value is -3.47. The molecule has 3 aromatic carbocycles. The van der Waals surface area contributed by atoms with E-state index in [1.807, 2.05) is 71.6 Å². The van der Waals surface area contributed by atoms with Crippen LogP contribution in [0.5, 0.6) is 17.2 Å². The van der Waals surface area contributed by atoms with Crippen molar-refractivity contribution in [3.8, 4) is 17.2 Å². The van der Waals surface area contributed by atoms with Gasteiger partial charge in [0.2, 0.25) is 0 Å². The van der Waals surface area contributed by atoms with Gasteiger partial charge in [0.05, 0.1) is 11.3 Å². The number of hydrogen-bond donors (Lipinski definition) is 1. The third kappa shape index (κ3) is 3.78. The Bertz CT molecular complexity index is 951. The average Bonchev–Trinajstić information content (AvgIpc) is 2.75. The molecule has 4 rings (SSSR count). The predicted molar refractivity (Wildman–Crippen MR) is 109 cm³/mol. The number of amides is 1. The summed E-state index contributed by atoms with van der Waals surface area (Å²) in [6, 6.07) is 24.1. The van der Waals surface area contributed by atoms with Gasteiger partial charge in [-0.05, 0) is 36.4 Å². The molecule has 0 atom stereocenters. The Morgan fingerprint density at radius 1 is 0.786 bits per heavy atom. The van der Waals surface area contributed by atoms with Crippen molar-refractivity contribution in [1.29, 1.82) is 0 Å². The summed E-state index contributed by atoms with van der Waals surface area (Å²) in [7, 11) is 0. The second-order valence-corrected chi connectivity index (χ2v) is 6.68. The van der Waals surface area contributed by atoms with E-state index in [2.05, 4.69) is 4.90 Å². The fraction of sp³-hybridized carbons (Fsp3) is 0.174. The summed E-state index contributed by atoms with van der Waals surface area (Å²) in [5.74, 6) is 1.49. The van der Waals surface area contributed by atoms with E-state index in [9.17, 15) is 9.90 Å². The SMILES string of the molecule is O=C(c1ccccc1Oc1ccccc1)N1CCN(c2ccccc2O)CC1. The van der Waals surface area contributed by atoms with Crippen molar-refractivity contribution >= 4 is 11.6 Å². The molecule has 0 bridgehead atoms. The molecule has 0 aliphatic carbocycles. The molecule has 0 radical (unpaired) electrons. The first-order chi connectivity index (χ1) is 13.7. The van der Waals surface area contributed by atoms with Crippen LogP contribution in [0.4, 0.5) is 5.69 Å². The molecule has 1 heterocycles. The summed E-state index contributed by atoms with van der Waals surface area (Å²) in [5, 5.41) is 10.1. The first kappa shape index (κ1) is 17.9. The summed E-state index contributed by atoms with van der Waals surface area (Å²) in [6.07, 6.45) is 0. The maximum absolute atomic E-state index is 13.1. The van der Waals surface area contributed by atoms with Gasteiger partial charge in [0, 0.05) is 26.2 Å². The average molecular weight is 374 g/mol. The Balaban J connectivity index is 1.47. The standard InChI is InChI=1S/C23H22N2O3/c26-21-12-6-5-11-20(21)24-14-16-25(17-15-24)23(27)19-10-4-7-13-22(19)28-18-8-2-1-3-9-18/h1-13,26H,14-17H2. The topological polar surface area (TPSA) is 53.0 Å². The number of piperazine rings is 1. The molecule has 0 unspecified atom stereocenters. The largest absolute Gasteiger partial charge is 0.506 e. The van der Waals surface area contributed by atoms with Crippen LogP contribution in [0.25, 0.3) is 0 Å². The van der Waals surface area contributed by atoms with Gasteiger partial charge in [-0.15, -0.1) is 0 Å². The molecule has 5 heteroatoms. The van der Waals surface area contributed by atoms with E-state index in [1.165, 1.54) is 0 Å². The quantitative estimate of drug-likeness (QED) is 0.745. The smallest absolute Gasteiger partial charge is 0.257 e. The van der Waals surface area contributed by atoms with Crippen molar-refractivity contribution < 1.29 is 14.6 Å². The zero-order valence-corrected chi connectivity index (χ0v) is 15.5. The number of carbonyl (C=O) groups excluding carboxylic acids is 1. The summed E-state index contributed by atoms with van der Waals surface area (Å²) in [5.41, 5.74) is 1.37. The summed E-state index contributed by atoms with van der Waals surface area (Å²) in [4.78, 5) is 17.0. The molecule has 28 heavy (non-hydrogen) atoms. The lowest BCUT2D eigenvalue weighted by atomic mass is 10.1. The highest BCUT2D eigenvalue weighted by Crippen LogP contribution is 2.29. The number of anilines is 1. The highest BCUT2D eigenvalue weighted by Gasteiger charge is 2.25. The lowest BCUT2D eigenvalue weighted by Crippen LogP contribution is -2.48. The Morgan fingerprint density at radius 3 is 2.18 bits per heavy atom. The second-order valence-electron chi connectivity index (χ2n) is 6.68. The normalized spacial score (nSPS) is 14.0. The fourth-order valence-electron chi connectivity index (χ4n) is 3.40. The molecule has 5 nitrogen and oxygen atoms in total. The fourth-order valence-corrected chi connectivity index (χ4v) is 3.40. The number of nitrogens with zero attached hydrogens (tertiary/aromatic N) is 2. The van der Waals surface area contributed by atoms with Gasteiger partial charge in [-0.3, -0.25) is 4.79 Å². The van der Waals surface area contributed by atoms with E-state index in [4.69, 9.17) is 4.74 Å². The first-order valence-corrected chi connectivity index (χ1v) is 9.36. The first-order valence-electron chi connectivity index (χ1n) is 9.36. The molecule has 1 saturated heterocycles. The lowest BCUT2D eigenvalue weighted by Gasteiger charge is -2.36. The Labute approximate surface area is 164 Å². The Kier molecular flexibility index (Phi) is 5.15. The zero-order valence-electron chi connectivity index (χ0n) is 15.5.